The Labute approximate surface area is 101 Å². The van der Waals surface area contributed by atoms with Gasteiger partial charge in [0.1, 0.15) is 0 Å². The Balaban J connectivity index is 2.21. The zero-order valence-corrected chi connectivity index (χ0v) is 10.3. The minimum atomic E-state index is 0.0273. The highest BCUT2D eigenvalue weighted by molar-refractivity contribution is 8.00. The molecule has 0 bridgehead atoms. The second kappa shape index (κ2) is 7.30. The van der Waals surface area contributed by atoms with Crippen LogP contribution in [0.1, 0.15) is 13.3 Å². The van der Waals surface area contributed by atoms with E-state index in [1.54, 1.807) is 11.8 Å². The smallest absolute Gasteiger partial charge is 0.234 e. The number of nitrogens with two attached hydrogens (primary N) is 1. The lowest BCUT2D eigenvalue weighted by Crippen LogP contribution is -2.23. The quantitative estimate of drug-likeness (QED) is 0.798. The highest BCUT2D eigenvalue weighted by atomic mass is 32.2. The number of para-hydroxylation sites is 1. The molecule has 0 fully saturated rings. The number of hydrogen-bond donors (Lipinski definition) is 2. The molecular weight excluding hydrogens is 220 g/mol. The molecule has 0 saturated heterocycles. The molecule has 88 valence electrons. The number of carbonyl (C=O) groups is 1. The fourth-order valence-electron chi connectivity index (χ4n) is 1.14. The number of amides is 1. The van der Waals surface area contributed by atoms with Crippen LogP contribution in [0.3, 0.4) is 0 Å². The summed E-state index contributed by atoms with van der Waals surface area (Å²) in [6.07, 6.45) is 0.952. The van der Waals surface area contributed by atoms with E-state index < -0.39 is 0 Å². The summed E-state index contributed by atoms with van der Waals surface area (Å²) in [4.78, 5) is 11.5. The van der Waals surface area contributed by atoms with Crippen molar-refractivity contribution >= 4 is 23.4 Å². The van der Waals surface area contributed by atoms with Gasteiger partial charge < -0.3 is 11.1 Å². The van der Waals surface area contributed by atoms with Gasteiger partial charge in [0.05, 0.1) is 5.75 Å². The first-order valence-corrected chi connectivity index (χ1v) is 6.56. The first-order chi connectivity index (χ1) is 7.72. The molecule has 16 heavy (non-hydrogen) atoms. The van der Waals surface area contributed by atoms with Crippen LogP contribution in [0.15, 0.2) is 30.3 Å². The normalized spacial score (nSPS) is 12.1. The van der Waals surface area contributed by atoms with E-state index in [0.717, 1.165) is 17.9 Å². The molecule has 1 aromatic carbocycles. The SMILES string of the molecule is CCC(N)CSCC(=O)Nc1ccccc1. The molecule has 1 rings (SSSR count). The van der Waals surface area contributed by atoms with Gasteiger partial charge in [0.15, 0.2) is 0 Å². The Morgan fingerprint density at radius 3 is 2.75 bits per heavy atom. The van der Waals surface area contributed by atoms with Gasteiger partial charge in [-0.1, -0.05) is 25.1 Å². The molecule has 0 heterocycles. The maximum Gasteiger partial charge on any atom is 0.234 e. The molecule has 0 radical (unpaired) electrons. The summed E-state index contributed by atoms with van der Waals surface area (Å²) >= 11 is 1.58. The topological polar surface area (TPSA) is 55.1 Å². The molecule has 1 amide bonds. The number of thioether (sulfide) groups is 1. The second-order valence-corrected chi connectivity index (χ2v) is 4.63. The van der Waals surface area contributed by atoms with Crippen LogP contribution in [0.5, 0.6) is 0 Å². The Bertz CT molecular complexity index is 316. The van der Waals surface area contributed by atoms with Crippen LogP contribution in [-0.2, 0) is 4.79 Å². The van der Waals surface area contributed by atoms with E-state index in [2.05, 4.69) is 12.2 Å². The van der Waals surface area contributed by atoms with Crippen LogP contribution in [0, 0.1) is 0 Å². The van der Waals surface area contributed by atoms with Gasteiger partial charge in [-0.05, 0) is 18.6 Å². The second-order valence-electron chi connectivity index (χ2n) is 3.60. The summed E-state index contributed by atoms with van der Waals surface area (Å²) in [5, 5.41) is 2.83. The monoisotopic (exact) mass is 238 g/mol. The van der Waals surface area contributed by atoms with Gasteiger partial charge in [0.25, 0.3) is 0 Å². The summed E-state index contributed by atoms with van der Waals surface area (Å²) in [5.41, 5.74) is 6.60. The summed E-state index contributed by atoms with van der Waals surface area (Å²) in [6.45, 7) is 2.05. The summed E-state index contributed by atoms with van der Waals surface area (Å²) in [7, 11) is 0. The van der Waals surface area contributed by atoms with E-state index in [9.17, 15) is 4.79 Å². The molecule has 3 N–H and O–H groups in total. The van der Waals surface area contributed by atoms with E-state index in [-0.39, 0.29) is 11.9 Å². The van der Waals surface area contributed by atoms with Crippen molar-refractivity contribution in [3.8, 4) is 0 Å². The molecular formula is C12H18N2OS. The largest absolute Gasteiger partial charge is 0.327 e. The van der Waals surface area contributed by atoms with Gasteiger partial charge in [-0.2, -0.15) is 11.8 Å². The van der Waals surface area contributed by atoms with Crippen LogP contribution in [0.4, 0.5) is 5.69 Å². The number of nitrogens with one attached hydrogen (secondary N) is 1. The van der Waals surface area contributed by atoms with Crippen LogP contribution in [-0.4, -0.2) is 23.5 Å². The third-order valence-corrected chi connectivity index (χ3v) is 3.28. The molecule has 1 atom stereocenters. The van der Waals surface area contributed by atoms with E-state index in [1.165, 1.54) is 0 Å². The lowest BCUT2D eigenvalue weighted by atomic mass is 10.3. The Kier molecular flexibility index (Phi) is 5.96. The van der Waals surface area contributed by atoms with Gasteiger partial charge in [0, 0.05) is 17.5 Å². The number of rotatable bonds is 6. The first-order valence-electron chi connectivity index (χ1n) is 5.40. The summed E-state index contributed by atoms with van der Waals surface area (Å²) in [5.74, 6) is 1.32. The van der Waals surface area contributed by atoms with Crippen molar-refractivity contribution in [2.24, 2.45) is 5.73 Å². The average molecular weight is 238 g/mol. The van der Waals surface area contributed by atoms with Crippen molar-refractivity contribution in [3.63, 3.8) is 0 Å². The van der Waals surface area contributed by atoms with Gasteiger partial charge in [0.2, 0.25) is 5.91 Å². The summed E-state index contributed by atoms with van der Waals surface area (Å²) in [6, 6.07) is 9.66. The lowest BCUT2D eigenvalue weighted by molar-refractivity contribution is -0.113. The molecule has 0 aliphatic heterocycles. The molecule has 0 saturated carbocycles. The standard InChI is InChI=1S/C12H18N2OS/c1-2-10(13)8-16-9-12(15)14-11-6-4-3-5-7-11/h3-7,10H,2,8-9,13H2,1H3,(H,14,15). The fourth-order valence-corrected chi connectivity index (χ4v) is 2.05. The van der Waals surface area contributed by atoms with E-state index >= 15 is 0 Å². The number of carbonyl (C=O) groups excluding carboxylic acids is 1. The van der Waals surface area contributed by atoms with Crippen LogP contribution in [0.2, 0.25) is 0 Å². The van der Waals surface area contributed by atoms with Crippen molar-refractivity contribution < 1.29 is 4.79 Å². The predicted octanol–water partition coefficient (Wildman–Crippen LogP) is 2.10. The zero-order chi connectivity index (χ0) is 11.8. The number of anilines is 1. The average Bonchev–Trinajstić information content (AvgIpc) is 2.30. The van der Waals surface area contributed by atoms with Crippen molar-refractivity contribution in [2.75, 3.05) is 16.8 Å². The molecule has 1 aromatic rings. The van der Waals surface area contributed by atoms with E-state index in [0.29, 0.717) is 5.75 Å². The van der Waals surface area contributed by atoms with Crippen molar-refractivity contribution in [3.05, 3.63) is 30.3 Å². The van der Waals surface area contributed by atoms with Crippen molar-refractivity contribution in [1.29, 1.82) is 0 Å². The highest BCUT2D eigenvalue weighted by Gasteiger charge is 2.04. The van der Waals surface area contributed by atoms with E-state index in [4.69, 9.17) is 5.73 Å². The van der Waals surface area contributed by atoms with E-state index in [1.807, 2.05) is 30.3 Å². The maximum atomic E-state index is 11.5. The maximum absolute atomic E-state index is 11.5. The third kappa shape index (κ3) is 5.19. The number of benzene rings is 1. The Morgan fingerprint density at radius 1 is 1.44 bits per heavy atom. The van der Waals surface area contributed by atoms with Crippen molar-refractivity contribution in [1.82, 2.24) is 0 Å². The summed E-state index contributed by atoms with van der Waals surface area (Å²) < 4.78 is 0. The van der Waals surface area contributed by atoms with Crippen LogP contribution >= 0.6 is 11.8 Å². The Hall–Kier alpha value is -1.00. The van der Waals surface area contributed by atoms with Crippen LogP contribution < -0.4 is 11.1 Å². The fraction of sp³-hybridized carbons (Fsp3) is 0.417. The molecule has 4 heteroatoms. The van der Waals surface area contributed by atoms with Gasteiger partial charge in [-0.25, -0.2) is 0 Å². The predicted molar refractivity (Wildman–Crippen MR) is 70.7 cm³/mol. The number of hydrogen-bond acceptors (Lipinski definition) is 3. The zero-order valence-electron chi connectivity index (χ0n) is 9.48. The van der Waals surface area contributed by atoms with Gasteiger partial charge >= 0.3 is 0 Å². The third-order valence-electron chi connectivity index (χ3n) is 2.15. The minimum absolute atomic E-state index is 0.0273. The first kappa shape index (κ1) is 13.1. The molecule has 0 aliphatic rings. The minimum Gasteiger partial charge on any atom is -0.327 e. The molecule has 3 nitrogen and oxygen atoms in total. The highest BCUT2D eigenvalue weighted by Crippen LogP contribution is 2.08. The molecule has 0 aromatic heterocycles. The molecule has 1 unspecified atom stereocenters. The Morgan fingerprint density at radius 2 is 2.12 bits per heavy atom. The van der Waals surface area contributed by atoms with Gasteiger partial charge in [-0.3, -0.25) is 4.79 Å². The van der Waals surface area contributed by atoms with Crippen LogP contribution in [0.25, 0.3) is 0 Å². The van der Waals surface area contributed by atoms with Crippen molar-refractivity contribution in [2.45, 2.75) is 19.4 Å². The molecule has 0 spiro atoms. The van der Waals surface area contributed by atoms with Gasteiger partial charge in [-0.15, -0.1) is 0 Å². The lowest BCUT2D eigenvalue weighted by Gasteiger charge is -2.08. The molecule has 0 aliphatic carbocycles.